The van der Waals surface area contributed by atoms with Crippen LogP contribution >= 0.6 is 0 Å². The van der Waals surface area contributed by atoms with E-state index in [1.807, 2.05) is 59.5 Å². The Morgan fingerprint density at radius 1 is 0.969 bits per heavy atom. The number of imidazole rings is 1. The molecule has 0 spiro atoms. The Hall–Kier alpha value is -3.82. The largest absolute Gasteiger partial charge is 0.395 e. The van der Waals surface area contributed by atoms with Crippen LogP contribution in [0.3, 0.4) is 0 Å². The zero-order chi connectivity index (χ0) is 21.7. The van der Waals surface area contributed by atoms with Crippen LogP contribution in [-0.2, 0) is 12.1 Å². The maximum absolute atomic E-state index is 11.1. The Labute approximate surface area is 183 Å². The number of rotatable bonds is 5. The van der Waals surface area contributed by atoms with Gasteiger partial charge in [-0.05, 0) is 11.6 Å². The van der Waals surface area contributed by atoms with E-state index in [0.717, 1.165) is 16.5 Å². The second-order valence-corrected chi connectivity index (χ2v) is 8.05. The van der Waals surface area contributed by atoms with Crippen molar-refractivity contribution in [2.75, 3.05) is 24.6 Å². The minimum atomic E-state index is -0.941. The van der Waals surface area contributed by atoms with Crippen LogP contribution in [-0.4, -0.2) is 59.2 Å². The van der Waals surface area contributed by atoms with Gasteiger partial charge in [-0.15, -0.1) is 0 Å². The smallest absolute Gasteiger partial charge is 0.229 e. The van der Waals surface area contributed by atoms with E-state index in [-0.39, 0.29) is 6.61 Å². The molecular weight excluding hydrogens is 406 g/mol. The van der Waals surface area contributed by atoms with Crippen molar-refractivity contribution in [2.45, 2.75) is 12.1 Å². The van der Waals surface area contributed by atoms with Gasteiger partial charge in [-0.25, -0.2) is 9.67 Å². The third-order valence-electron chi connectivity index (χ3n) is 5.95. The van der Waals surface area contributed by atoms with E-state index in [9.17, 15) is 10.2 Å². The molecule has 1 fully saturated rings. The number of nitrogens with zero attached hydrogens (tertiary/aromatic N) is 7. The van der Waals surface area contributed by atoms with Crippen LogP contribution in [0.5, 0.6) is 0 Å². The molecule has 1 saturated heterocycles. The molecule has 9 nitrogen and oxygen atoms in total. The van der Waals surface area contributed by atoms with Gasteiger partial charge in [0.1, 0.15) is 5.60 Å². The van der Waals surface area contributed by atoms with Gasteiger partial charge in [0, 0.05) is 11.9 Å². The molecule has 3 aromatic heterocycles. The lowest BCUT2D eigenvalue weighted by Crippen LogP contribution is -2.60. The fourth-order valence-corrected chi connectivity index (χ4v) is 4.28. The summed E-state index contributed by atoms with van der Waals surface area (Å²) in [6.07, 6.45) is 3.45. The number of aromatic nitrogens is 6. The lowest BCUT2D eigenvalue weighted by atomic mass is 9.86. The number of aliphatic hydroxyl groups excluding tert-OH is 1. The van der Waals surface area contributed by atoms with Gasteiger partial charge in [0.05, 0.1) is 37.7 Å². The maximum Gasteiger partial charge on any atom is 0.229 e. The molecule has 0 bridgehead atoms. The summed E-state index contributed by atoms with van der Waals surface area (Å²) in [5.74, 6) is 1.06. The fourth-order valence-electron chi connectivity index (χ4n) is 4.28. The van der Waals surface area contributed by atoms with Gasteiger partial charge in [-0.2, -0.15) is 15.1 Å². The normalized spacial score (nSPS) is 15.4. The van der Waals surface area contributed by atoms with Crippen LogP contribution in [0.2, 0.25) is 0 Å². The van der Waals surface area contributed by atoms with E-state index in [2.05, 4.69) is 10.1 Å². The number of benzene rings is 2. The second-order valence-electron chi connectivity index (χ2n) is 8.05. The van der Waals surface area contributed by atoms with Crippen molar-refractivity contribution < 1.29 is 10.2 Å². The van der Waals surface area contributed by atoms with Crippen molar-refractivity contribution in [1.29, 1.82) is 0 Å². The fraction of sp³-hybridized carbons (Fsp3) is 0.217. The van der Waals surface area contributed by atoms with E-state index in [4.69, 9.17) is 9.97 Å². The summed E-state index contributed by atoms with van der Waals surface area (Å²) < 4.78 is 3.57. The summed E-state index contributed by atoms with van der Waals surface area (Å²) in [7, 11) is 0. The summed E-state index contributed by atoms with van der Waals surface area (Å²) in [6, 6.07) is 17.5. The van der Waals surface area contributed by atoms with Crippen molar-refractivity contribution in [3.63, 3.8) is 0 Å². The molecule has 0 atom stereocenters. The van der Waals surface area contributed by atoms with Gasteiger partial charge >= 0.3 is 0 Å². The van der Waals surface area contributed by atoms with Crippen LogP contribution in [0, 0.1) is 0 Å². The van der Waals surface area contributed by atoms with Gasteiger partial charge in [0.25, 0.3) is 0 Å². The number of aliphatic hydroxyl groups is 2. The molecule has 0 aliphatic carbocycles. The summed E-state index contributed by atoms with van der Waals surface area (Å²) in [4.78, 5) is 16.0. The Kier molecular flexibility index (Phi) is 4.20. The molecule has 1 aliphatic heterocycles. The second kappa shape index (κ2) is 7.11. The number of fused-ring (bicyclic) bond motifs is 2. The maximum atomic E-state index is 11.1. The lowest BCUT2D eigenvalue weighted by molar-refractivity contribution is 0.00656. The van der Waals surface area contributed by atoms with Crippen molar-refractivity contribution in [2.24, 2.45) is 0 Å². The molecule has 32 heavy (non-hydrogen) atoms. The lowest BCUT2D eigenvalue weighted by Gasteiger charge is -2.46. The van der Waals surface area contributed by atoms with Gasteiger partial charge in [-0.1, -0.05) is 48.5 Å². The minimum Gasteiger partial charge on any atom is -0.395 e. The molecule has 0 saturated carbocycles. The molecule has 5 aromatic rings. The summed E-state index contributed by atoms with van der Waals surface area (Å²) in [5.41, 5.74) is 2.08. The van der Waals surface area contributed by atoms with E-state index in [1.165, 1.54) is 0 Å². The van der Waals surface area contributed by atoms with Crippen molar-refractivity contribution in [3.8, 4) is 5.82 Å². The standard InChI is InChI=1S/C23H21N7O2/c31-11-10-28-15-24-19-20(28)26-22(29-13-23(32,14-29)17-7-2-1-3-8-17)27-21(19)30-18-9-5-4-6-16(18)12-25-30/h1-9,12,15,31-32H,10-11,13-14H2. The third-order valence-corrected chi connectivity index (χ3v) is 5.95. The molecule has 9 heteroatoms. The molecule has 2 N–H and O–H groups in total. The highest BCUT2D eigenvalue weighted by Gasteiger charge is 2.44. The first-order chi connectivity index (χ1) is 15.7. The molecular formula is C23H21N7O2. The topological polar surface area (TPSA) is 105 Å². The highest BCUT2D eigenvalue weighted by Crippen LogP contribution is 2.35. The zero-order valence-corrected chi connectivity index (χ0v) is 17.2. The molecule has 160 valence electrons. The average Bonchev–Trinajstić information content (AvgIpc) is 3.42. The molecule has 0 amide bonds. The minimum absolute atomic E-state index is 0.0255. The Balaban J connectivity index is 1.46. The summed E-state index contributed by atoms with van der Waals surface area (Å²) in [6.45, 7) is 1.12. The van der Waals surface area contributed by atoms with Crippen LogP contribution < -0.4 is 4.90 Å². The predicted octanol–water partition coefficient (Wildman–Crippen LogP) is 1.87. The van der Waals surface area contributed by atoms with Crippen molar-refractivity contribution in [1.82, 2.24) is 29.3 Å². The molecule has 2 aromatic carbocycles. The van der Waals surface area contributed by atoms with E-state index < -0.39 is 5.60 Å². The first kappa shape index (κ1) is 18.9. The summed E-state index contributed by atoms with van der Waals surface area (Å²) in [5, 5.41) is 26.1. The molecule has 0 unspecified atom stereocenters. The third kappa shape index (κ3) is 2.86. The SMILES string of the molecule is OCCn1cnc2c(-n3ncc4ccccc43)nc(N3CC(O)(c4ccccc4)C3)nc21. The van der Waals surface area contributed by atoms with E-state index in [0.29, 0.717) is 42.6 Å². The first-order valence-corrected chi connectivity index (χ1v) is 10.5. The van der Waals surface area contributed by atoms with Gasteiger partial charge in [0.2, 0.25) is 5.95 Å². The first-order valence-electron chi connectivity index (χ1n) is 10.5. The monoisotopic (exact) mass is 427 g/mol. The van der Waals surface area contributed by atoms with Gasteiger partial charge in [0.15, 0.2) is 17.0 Å². The number of hydrogen-bond donors (Lipinski definition) is 2. The highest BCUT2D eigenvalue weighted by atomic mass is 16.3. The van der Waals surface area contributed by atoms with Crippen LogP contribution in [0.1, 0.15) is 5.56 Å². The number of β-amino-alcohol motifs (C(OH)–C–C–N with tert-alkyl or cyclic N) is 1. The van der Waals surface area contributed by atoms with E-state index in [1.54, 1.807) is 21.8 Å². The zero-order valence-electron chi connectivity index (χ0n) is 17.2. The Bertz CT molecular complexity index is 1420. The van der Waals surface area contributed by atoms with Gasteiger partial charge in [-0.3, -0.25) is 0 Å². The highest BCUT2D eigenvalue weighted by molar-refractivity contribution is 5.85. The quantitative estimate of drug-likeness (QED) is 0.441. The Morgan fingerprint density at radius 3 is 2.56 bits per heavy atom. The number of para-hydroxylation sites is 1. The van der Waals surface area contributed by atoms with Crippen molar-refractivity contribution in [3.05, 3.63) is 72.7 Å². The molecule has 1 aliphatic rings. The van der Waals surface area contributed by atoms with Crippen LogP contribution in [0.15, 0.2) is 67.1 Å². The molecule has 0 radical (unpaired) electrons. The van der Waals surface area contributed by atoms with Crippen molar-refractivity contribution >= 4 is 28.0 Å². The average molecular weight is 427 g/mol. The Morgan fingerprint density at radius 2 is 1.75 bits per heavy atom. The molecule has 4 heterocycles. The van der Waals surface area contributed by atoms with Gasteiger partial charge < -0.3 is 19.7 Å². The number of anilines is 1. The van der Waals surface area contributed by atoms with E-state index >= 15 is 0 Å². The molecule has 6 rings (SSSR count). The van der Waals surface area contributed by atoms with Crippen LogP contribution in [0.4, 0.5) is 5.95 Å². The van der Waals surface area contributed by atoms with Crippen LogP contribution in [0.25, 0.3) is 27.9 Å². The summed E-state index contributed by atoms with van der Waals surface area (Å²) >= 11 is 0. The predicted molar refractivity (Wildman–Crippen MR) is 120 cm³/mol. The number of hydrogen-bond acceptors (Lipinski definition) is 7.